The summed E-state index contributed by atoms with van der Waals surface area (Å²) in [6, 6.07) is 20.0. The average molecular weight is 473 g/mol. The number of nitro benzene ring substituents is 1. The van der Waals surface area contributed by atoms with Crippen molar-refractivity contribution in [2.75, 3.05) is 17.1 Å². The van der Waals surface area contributed by atoms with Gasteiger partial charge in [-0.2, -0.15) is 0 Å². The number of esters is 1. The fourth-order valence-corrected chi connectivity index (χ4v) is 4.49. The molecule has 0 N–H and O–H groups in total. The van der Waals surface area contributed by atoms with Crippen molar-refractivity contribution in [3.8, 4) is 0 Å². The first-order valence-corrected chi connectivity index (χ1v) is 10.7. The molecule has 0 spiro atoms. The molecule has 2 heterocycles. The number of anilines is 2. The molecule has 0 aliphatic carbocycles. The Labute approximate surface area is 199 Å². The second-order valence-electron chi connectivity index (χ2n) is 8.06. The molecule has 10 nitrogen and oxygen atoms in total. The standard InChI is InChI=1S/C25H19N3O7/c1-34-25(31)15-10-12-17(13-11-15)26-23(29)20-21(16-6-5-9-19(14-16)28(32)33)27(35-22(20)24(26)30)18-7-3-2-4-8-18/h2-14,20-22H,1H3. The molecule has 3 aromatic carbocycles. The lowest BCUT2D eigenvalue weighted by atomic mass is 9.90. The summed E-state index contributed by atoms with van der Waals surface area (Å²) < 4.78 is 4.69. The summed E-state index contributed by atoms with van der Waals surface area (Å²) in [5, 5.41) is 12.9. The van der Waals surface area contributed by atoms with E-state index in [1.54, 1.807) is 30.3 Å². The minimum atomic E-state index is -1.12. The summed E-state index contributed by atoms with van der Waals surface area (Å²) in [5.74, 6) is -2.54. The van der Waals surface area contributed by atoms with Gasteiger partial charge in [0.1, 0.15) is 5.92 Å². The van der Waals surface area contributed by atoms with E-state index in [2.05, 4.69) is 4.74 Å². The predicted octanol–water partition coefficient (Wildman–Crippen LogP) is 3.43. The number of benzene rings is 3. The van der Waals surface area contributed by atoms with Gasteiger partial charge in [-0.3, -0.25) is 24.5 Å². The summed E-state index contributed by atoms with van der Waals surface area (Å²) in [4.78, 5) is 56.7. The van der Waals surface area contributed by atoms with Crippen LogP contribution in [-0.2, 0) is 19.2 Å². The van der Waals surface area contributed by atoms with E-state index in [1.165, 1.54) is 54.6 Å². The first-order valence-electron chi connectivity index (χ1n) is 10.7. The quantitative estimate of drug-likeness (QED) is 0.239. The molecular formula is C25H19N3O7. The van der Waals surface area contributed by atoms with Crippen molar-refractivity contribution >= 4 is 34.8 Å². The molecule has 0 bridgehead atoms. The molecule has 0 radical (unpaired) electrons. The van der Waals surface area contributed by atoms with Gasteiger partial charge in [0.2, 0.25) is 5.91 Å². The van der Waals surface area contributed by atoms with Crippen molar-refractivity contribution < 1.29 is 28.9 Å². The molecule has 3 aromatic rings. The lowest BCUT2D eigenvalue weighted by Gasteiger charge is -2.28. The van der Waals surface area contributed by atoms with Crippen LogP contribution in [0.5, 0.6) is 0 Å². The van der Waals surface area contributed by atoms with Crippen LogP contribution in [0, 0.1) is 16.0 Å². The summed E-state index contributed by atoms with van der Waals surface area (Å²) in [6.45, 7) is 0. The van der Waals surface area contributed by atoms with Crippen LogP contribution < -0.4 is 9.96 Å². The van der Waals surface area contributed by atoms with Crippen LogP contribution in [0.25, 0.3) is 0 Å². The van der Waals surface area contributed by atoms with Gasteiger partial charge in [-0.1, -0.05) is 30.3 Å². The largest absolute Gasteiger partial charge is 0.465 e. The summed E-state index contributed by atoms with van der Waals surface area (Å²) in [5.41, 5.74) is 1.50. The number of imide groups is 1. The number of carbonyl (C=O) groups is 3. The van der Waals surface area contributed by atoms with Gasteiger partial charge in [-0.05, 0) is 42.0 Å². The highest BCUT2D eigenvalue weighted by molar-refractivity contribution is 6.24. The number of non-ortho nitro benzene ring substituents is 1. The molecule has 2 aliphatic heterocycles. The van der Waals surface area contributed by atoms with Crippen LogP contribution >= 0.6 is 0 Å². The number of rotatable bonds is 5. The summed E-state index contributed by atoms with van der Waals surface area (Å²) in [7, 11) is 1.26. The highest BCUT2D eigenvalue weighted by Gasteiger charge is 2.60. The van der Waals surface area contributed by atoms with Gasteiger partial charge in [0, 0.05) is 12.1 Å². The van der Waals surface area contributed by atoms with Crippen LogP contribution in [0.1, 0.15) is 22.0 Å². The van der Waals surface area contributed by atoms with Gasteiger partial charge in [0.15, 0.2) is 6.10 Å². The van der Waals surface area contributed by atoms with Crippen molar-refractivity contribution in [1.29, 1.82) is 0 Å². The van der Waals surface area contributed by atoms with Crippen molar-refractivity contribution in [2.45, 2.75) is 12.1 Å². The molecule has 2 saturated heterocycles. The normalized spacial score (nSPS) is 21.2. The predicted molar refractivity (Wildman–Crippen MR) is 123 cm³/mol. The first kappa shape index (κ1) is 22.2. The molecule has 3 atom stereocenters. The van der Waals surface area contributed by atoms with Gasteiger partial charge < -0.3 is 4.74 Å². The monoisotopic (exact) mass is 473 g/mol. The van der Waals surface area contributed by atoms with Crippen molar-refractivity contribution in [3.05, 3.63) is 100 Å². The molecular weight excluding hydrogens is 454 g/mol. The van der Waals surface area contributed by atoms with Crippen molar-refractivity contribution in [1.82, 2.24) is 0 Å². The topological polar surface area (TPSA) is 119 Å². The van der Waals surface area contributed by atoms with Gasteiger partial charge in [0.05, 0.1) is 35.0 Å². The third-order valence-electron chi connectivity index (χ3n) is 6.10. The number of carbonyl (C=O) groups excluding carboxylic acids is 3. The third kappa shape index (κ3) is 3.69. The smallest absolute Gasteiger partial charge is 0.337 e. The first-order chi connectivity index (χ1) is 16.9. The van der Waals surface area contributed by atoms with E-state index < -0.39 is 40.8 Å². The van der Waals surface area contributed by atoms with Gasteiger partial charge in [-0.25, -0.2) is 14.8 Å². The molecule has 5 rings (SSSR count). The fourth-order valence-electron chi connectivity index (χ4n) is 4.49. The van der Waals surface area contributed by atoms with Crippen LogP contribution in [0.4, 0.5) is 17.1 Å². The fraction of sp³-hybridized carbons (Fsp3) is 0.160. The Hall–Kier alpha value is -4.57. The zero-order valence-corrected chi connectivity index (χ0v) is 18.4. The minimum absolute atomic E-state index is 0.133. The molecule has 0 aromatic heterocycles. The molecule has 3 unspecified atom stereocenters. The number of nitro groups is 1. The third-order valence-corrected chi connectivity index (χ3v) is 6.10. The van der Waals surface area contributed by atoms with Gasteiger partial charge >= 0.3 is 5.97 Å². The Morgan fingerprint density at radius 3 is 2.31 bits per heavy atom. The molecule has 176 valence electrons. The lowest BCUT2D eigenvalue weighted by molar-refractivity contribution is -0.384. The second kappa shape index (κ2) is 8.65. The Balaban J connectivity index is 1.55. The number of amides is 2. The van der Waals surface area contributed by atoms with Crippen molar-refractivity contribution in [3.63, 3.8) is 0 Å². The number of ether oxygens (including phenoxy) is 1. The van der Waals surface area contributed by atoms with E-state index in [0.29, 0.717) is 11.3 Å². The lowest BCUT2D eigenvalue weighted by Crippen LogP contribution is -2.37. The maximum Gasteiger partial charge on any atom is 0.337 e. The zero-order chi connectivity index (χ0) is 24.7. The molecule has 35 heavy (non-hydrogen) atoms. The highest BCUT2D eigenvalue weighted by Crippen LogP contribution is 2.47. The molecule has 2 aliphatic rings. The van der Waals surface area contributed by atoms with E-state index >= 15 is 0 Å². The Kier molecular flexibility index (Phi) is 5.50. The summed E-state index contributed by atoms with van der Waals surface area (Å²) >= 11 is 0. The number of fused-ring (bicyclic) bond motifs is 1. The Morgan fingerprint density at radius 2 is 1.66 bits per heavy atom. The zero-order valence-electron chi connectivity index (χ0n) is 18.4. The maximum absolute atomic E-state index is 13.6. The second-order valence-corrected chi connectivity index (χ2v) is 8.06. The number of hydrogen-bond donors (Lipinski definition) is 0. The molecule has 2 fully saturated rings. The Morgan fingerprint density at radius 1 is 0.943 bits per heavy atom. The van der Waals surface area contributed by atoms with Crippen LogP contribution in [-0.4, -0.2) is 35.9 Å². The molecule has 0 saturated carbocycles. The van der Waals surface area contributed by atoms with E-state index in [1.807, 2.05) is 6.07 Å². The molecule has 2 amide bonds. The van der Waals surface area contributed by atoms with Crippen LogP contribution in [0.2, 0.25) is 0 Å². The number of nitrogens with zero attached hydrogens (tertiary/aromatic N) is 3. The van der Waals surface area contributed by atoms with Crippen molar-refractivity contribution in [2.24, 2.45) is 5.92 Å². The van der Waals surface area contributed by atoms with E-state index in [9.17, 15) is 24.5 Å². The van der Waals surface area contributed by atoms with Gasteiger partial charge in [0.25, 0.3) is 11.6 Å². The highest BCUT2D eigenvalue weighted by atomic mass is 16.7. The van der Waals surface area contributed by atoms with E-state index in [0.717, 1.165) is 4.90 Å². The summed E-state index contributed by atoms with van der Waals surface area (Å²) in [6.07, 6.45) is -1.12. The van der Waals surface area contributed by atoms with Crippen LogP contribution in [0.15, 0.2) is 78.9 Å². The van der Waals surface area contributed by atoms with Gasteiger partial charge in [-0.15, -0.1) is 0 Å². The molecule has 10 heteroatoms. The van der Waals surface area contributed by atoms with E-state index in [-0.39, 0.29) is 16.9 Å². The van der Waals surface area contributed by atoms with Crippen LogP contribution in [0.3, 0.4) is 0 Å². The SMILES string of the molecule is COC(=O)c1ccc(N2C(=O)C3ON(c4ccccc4)C(c4cccc([N+](=O)[O-])c4)C3C2=O)cc1. The number of para-hydroxylation sites is 1. The number of hydroxylamine groups is 1. The minimum Gasteiger partial charge on any atom is -0.465 e. The maximum atomic E-state index is 13.6. The average Bonchev–Trinajstić information content (AvgIpc) is 3.40. The Bertz CT molecular complexity index is 1330. The number of methoxy groups -OCH3 is 1. The number of hydrogen-bond acceptors (Lipinski definition) is 8. The van der Waals surface area contributed by atoms with E-state index in [4.69, 9.17) is 4.84 Å².